The van der Waals surface area contributed by atoms with Gasteiger partial charge in [-0.3, -0.25) is 20.2 Å². The number of nitrogens with zero attached hydrogens (tertiary/aromatic N) is 2. The topological polar surface area (TPSA) is 85.1 Å². The summed E-state index contributed by atoms with van der Waals surface area (Å²) in [5.74, 6) is -0.342. The molecule has 2 aromatic carbocycles. The molecular weight excluding hydrogens is 326 g/mol. The Balaban J connectivity index is 1.65. The first-order chi connectivity index (χ1) is 11.6. The highest BCUT2D eigenvalue weighted by molar-refractivity contribution is 7.15. The number of rotatable bonds is 5. The highest BCUT2D eigenvalue weighted by atomic mass is 32.1. The van der Waals surface area contributed by atoms with Crippen LogP contribution in [0.15, 0.2) is 60.8 Å². The Bertz CT molecular complexity index is 860. The molecule has 1 aromatic heterocycles. The fourth-order valence-corrected chi connectivity index (χ4v) is 2.99. The monoisotopic (exact) mass is 339 g/mol. The molecule has 3 rings (SSSR count). The number of carbonyl (C=O) groups is 1. The van der Waals surface area contributed by atoms with Gasteiger partial charge in [-0.2, -0.15) is 0 Å². The summed E-state index contributed by atoms with van der Waals surface area (Å²) < 4.78 is 0. The van der Waals surface area contributed by atoms with Gasteiger partial charge in [0.25, 0.3) is 11.6 Å². The Labute approximate surface area is 141 Å². The maximum absolute atomic E-state index is 12.1. The van der Waals surface area contributed by atoms with Crippen molar-refractivity contribution < 1.29 is 9.72 Å². The van der Waals surface area contributed by atoms with Crippen LogP contribution in [0.5, 0.6) is 0 Å². The first kappa shape index (κ1) is 15.8. The molecule has 3 aromatic rings. The van der Waals surface area contributed by atoms with Gasteiger partial charge in [-0.25, -0.2) is 4.98 Å². The molecule has 7 heteroatoms. The summed E-state index contributed by atoms with van der Waals surface area (Å²) in [6.45, 7) is 0. The van der Waals surface area contributed by atoms with Gasteiger partial charge in [0.15, 0.2) is 5.13 Å². The quantitative estimate of drug-likeness (QED) is 0.564. The van der Waals surface area contributed by atoms with Gasteiger partial charge in [-0.05, 0) is 17.7 Å². The van der Waals surface area contributed by atoms with Crippen LogP contribution >= 0.6 is 11.3 Å². The SMILES string of the molecule is O=C(Nc1ncc(Cc2ccccc2)s1)c1ccc([N+](=O)[O-])cc1. The van der Waals surface area contributed by atoms with Crippen LogP contribution in [0.4, 0.5) is 10.8 Å². The predicted molar refractivity (Wildman–Crippen MR) is 92.4 cm³/mol. The molecule has 0 saturated heterocycles. The molecule has 0 aliphatic rings. The van der Waals surface area contributed by atoms with Crippen LogP contribution in [0.1, 0.15) is 20.8 Å². The van der Waals surface area contributed by atoms with E-state index in [9.17, 15) is 14.9 Å². The zero-order valence-electron chi connectivity index (χ0n) is 12.5. The summed E-state index contributed by atoms with van der Waals surface area (Å²) in [6.07, 6.45) is 2.50. The van der Waals surface area contributed by atoms with E-state index in [1.54, 1.807) is 6.20 Å². The zero-order valence-corrected chi connectivity index (χ0v) is 13.3. The lowest BCUT2D eigenvalue weighted by molar-refractivity contribution is -0.384. The van der Waals surface area contributed by atoms with E-state index in [0.717, 1.165) is 11.3 Å². The highest BCUT2D eigenvalue weighted by Crippen LogP contribution is 2.22. The number of hydrogen-bond acceptors (Lipinski definition) is 5. The number of nitro benzene ring substituents is 1. The van der Waals surface area contributed by atoms with Crippen LogP contribution in [0.2, 0.25) is 0 Å². The Hall–Kier alpha value is -3.06. The van der Waals surface area contributed by atoms with Crippen LogP contribution in [-0.4, -0.2) is 15.8 Å². The molecule has 0 radical (unpaired) electrons. The number of nitrogens with one attached hydrogen (secondary N) is 1. The van der Waals surface area contributed by atoms with E-state index >= 15 is 0 Å². The number of amides is 1. The van der Waals surface area contributed by atoms with Crippen molar-refractivity contribution in [3.8, 4) is 0 Å². The van der Waals surface area contributed by atoms with E-state index in [1.807, 2.05) is 30.3 Å². The first-order valence-electron chi connectivity index (χ1n) is 7.16. The molecule has 0 fully saturated rings. The molecule has 0 saturated carbocycles. The molecule has 24 heavy (non-hydrogen) atoms. The van der Waals surface area contributed by atoms with Crippen LogP contribution < -0.4 is 5.32 Å². The summed E-state index contributed by atoms with van der Waals surface area (Å²) >= 11 is 1.41. The molecule has 0 bridgehead atoms. The number of hydrogen-bond donors (Lipinski definition) is 1. The van der Waals surface area contributed by atoms with Crippen molar-refractivity contribution in [1.29, 1.82) is 0 Å². The molecular formula is C17H13N3O3S. The minimum Gasteiger partial charge on any atom is -0.298 e. The van der Waals surface area contributed by atoms with Crippen molar-refractivity contribution in [3.63, 3.8) is 0 Å². The third-order valence-corrected chi connectivity index (χ3v) is 4.25. The lowest BCUT2D eigenvalue weighted by atomic mass is 10.1. The fourth-order valence-electron chi connectivity index (χ4n) is 2.15. The van der Waals surface area contributed by atoms with Gasteiger partial charge < -0.3 is 0 Å². The van der Waals surface area contributed by atoms with E-state index in [0.29, 0.717) is 10.7 Å². The summed E-state index contributed by atoms with van der Waals surface area (Å²) in [7, 11) is 0. The summed E-state index contributed by atoms with van der Waals surface area (Å²) in [5.41, 5.74) is 1.47. The molecule has 0 atom stereocenters. The average molecular weight is 339 g/mol. The molecule has 6 nitrogen and oxygen atoms in total. The number of thiazole rings is 1. The number of aromatic nitrogens is 1. The Morgan fingerprint density at radius 2 is 1.83 bits per heavy atom. The molecule has 1 amide bonds. The molecule has 0 aliphatic heterocycles. The van der Waals surface area contributed by atoms with Gasteiger partial charge in [0.05, 0.1) is 4.92 Å². The van der Waals surface area contributed by atoms with Gasteiger partial charge in [-0.1, -0.05) is 30.3 Å². The normalized spacial score (nSPS) is 10.3. The maximum atomic E-state index is 12.1. The number of carbonyl (C=O) groups excluding carboxylic acids is 1. The van der Waals surface area contributed by atoms with Gasteiger partial charge in [0.2, 0.25) is 0 Å². The minimum atomic E-state index is -0.502. The van der Waals surface area contributed by atoms with Crippen molar-refractivity contribution in [1.82, 2.24) is 4.98 Å². The third-order valence-electron chi connectivity index (χ3n) is 3.34. The van der Waals surface area contributed by atoms with Crippen LogP contribution in [0.25, 0.3) is 0 Å². The summed E-state index contributed by atoms with van der Waals surface area (Å²) in [4.78, 5) is 27.5. The third kappa shape index (κ3) is 3.82. The summed E-state index contributed by atoms with van der Waals surface area (Å²) in [6, 6.07) is 15.4. The zero-order chi connectivity index (χ0) is 16.9. The second kappa shape index (κ2) is 7.01. The molecule has 120 valence electrons. The highest BCUT2D eigenvalue weighted by Gasteiger charge is 2.11. The lowest BCUT2D eigenvalue weighted by Crippen LogP contribution is -2.11. The average Bonchev–Trinajstić information content (AvgIpc) is 3.02. The smallest absolute Gasteiger partial charge is 0.269 e. The van der Waals surface area contributed by atoms with Crippen molar-refractivity contribution in [2.24, 2.45) is 0 Å². The van der Waals surface area contributed by atoms with Gasteiger partial charge >= 0.3 is 0 Å². The molecule has 0 spiro atoms. The number of benzene rings is 2. The van der Waals surface area contributed by atoms with Gasteiger partial charge in [0.1, 0.15) is 0 Å². The molecule has 1 heterocycles. The fraction of sp³-hybridized carbons (Fsp3) is 0.0588. The lowest BCUT2D eigenvalue weighted by Gasteiger charge is -2.01. The van der Waals surface area contributed by atoms with E-state index in [4.69, 9.17) is 0 Å². The Kier molecular flexibility index (Phi) is 4.62. The van der Waals surface area contributed by atoms with Crippen molar-refractivity contribution in [2.45, 2.75) is 6.42 Å². The van der Waals surface area contributed by atoms with E-state index in [2.05, 4.69) is 10.3 Å². The van der Waals surface area contributed by atoms with E-state index < -0.39 is 4.92 Å². The standard InChI is InChI=1S/C17H13N3O3S/c21-16(13-6-8-14(9-7-13)20(22)23)19-17-18-11-15(24-17)10-12-4-2-1-3-5-12/h1-9,11H,10H2,(H,18,19,21). The largest absolute Gasteiger partial charge is 0.298 e. The second-order valence-corrected chi connectivity index (χ2v) is 6.17. The van der Waals surface area contributed by atoms with Crippen LogP contribution in [0.3, 0.4) is 0 Å². The maximum Gasteiger partial charge on any atom is 0.269 e. The predicted octanol–water partition coefficient (Wildman–Crippen LogP) is 3.89. The molecule has 0 unspecified atom stereocenters. The Morgan fingerprint density at radius 1 is 1.12 bits per heavy atom. The van der Waals surface area contributed by atoms with Crippen LogP contribution in [0, 0.1) is 10.1 Å². The van der Waals surface area contributed by atoms with Crippen molar-refractivity contribution in [3.05, 3.63) is 86.9 Å². The van der Waals surface area contributed by atoms with Crippen LogP contribution in [-0.2, 0) is 6.42 Å². The number of anilines is 1. The van der Waals surface area contributed by atoms with Crippen molar-refractivity contribution >= 4 is 28.1 Å². The van der Waals surface area contributed by atoms with Gasteiger partial charge in [0, 0.05) is 35.2 Å². The van der Waals surface area contributed by atoms with E-state index in [1.165, 1.54) is 41.2 Å². The Morgan fingerprint density at radius 3 is 2.50 bits per heavy atom. The first-order valence-corrected chi connectivity index (χ1v) is 7.98. The van der Waals surface area contributed by atoms with Crippen molar-refractivity contribution in [2.75, 3.05) is 5.32 Å². The minimum absolute atomic E-state index is 0.0501. The number of non-ortho nitro benzene ring substituents is 1. The van der Waals surface area contributed by atoms with E-state index in [-0.39, 0.29) is 11.6 Å². The number of nitro groups is 1. The summed E-state index contributed by atoms with van der Waals surface area (Å²) in [5, 5.41) is 13.8. The second-order valence-electron chi connectivity index (χ2n) is 5.05. The molecule has 1 N–H and O–H groups in total. The van der Waals surface area contributed by atoms with Gasteiger partial charge in [-0.15, -0.1) is 11.3 Å². The molecule has 0 aliphatic carbocycles.